The van der Waals surface area contributed by atoms with Crippen LogP contribution in [0.1, 0.15) is 10.4 Å². The summed E-state index contributed by atoms with van der Waals surface area (Å²) in [4.78, 5) is 0.822. The molecule has 0 aliphatic carbocycles. The van der Waals surface area contributed by atoms with Gasteiger partial charge in [0.25, 0.3) is 10.0 Å². The molecule has 4 nitrogen and oxygen atoms in total. The van der Waals surface area contributed by atoms with Gasteiger partial charge in [0.15, 0.2) is 0 Å². The molecule has 1 aromatic carbocycles. The highest BCUT2D eigenvalue weighted by atomic mass is 35.5. The number of thiophene rings is 1. The number of aryl methyl sites for hydroxylation is 1. The first-order valence-electron chi connectivity index (χ1n) is 5.91. The molecule has 0 aliphatic rings. The van der Waals surface area contributed by atoms with Gasteiger partial charge in [0.2, 0.25) is 0 Å². The molecular weight excluding hydrogens is 318 g/mol. The Morgan fingerprint density at radius 2 is 2.05 bits per heavy atom. The smallest absolute Gasteiger partial charge is 0.271 e. The van der Waals surface area contributed by atoms with Crippen molar-refractivity contribution in [2.24, 2.45) is 0 Å². The summed E-state index contributed by atoms with van der Waals surface area (Å²) in [6, 6.07) is 8.35. The van der Waals surface area contributed by atoms with Crippen LogP contribution in [0.5, 0.6) is 0 Å². The minimum atomic E-state index is -3.64. The number of benzene rings is 1. The summed E-state index contributed by atoms with van der Waals surface area (Å²) in [5, 5.41) is 9.22. The van der Waals surface area contributed by atoms with Gasteiger partial charge in [-0.15, -0.1) is 11.3 Å². The summed E-state index contributed by atoms with van der Waals surface area (Å²) in [6.07, 6.45) is 0.450. The van der Waals surface area contributed by atoms with E-state index in [0.717, 1.165) is 21.8 Å². The molecule has 2 aromatic rings. The average molecular weight is 332 g/mol. The molecule has 0 radical (unpaired) electrons. The molecule has 0 atom stereocenters. The zero-order valence-electron chi connectivity index (χ0n) is 10.8. The Morgan fingerprint density at radius 3 is 2.70 bits per heavy atom. The Kier molecular flexibility index (Phi) is 4.70. The molecule has 20 heavy (non-hydrogen) atoms. The summed E-state index contributed by atoms with van der Waals surface area (Å²) in [5.74, 6) is 0. The van der Waals surface area contributed by atoms with Gasteiger partial charge in [0.1, 0.15) is 4.21 Å². The number of aliphatic hydroxyl groups is 1. The minimum absolute atomic E-state index is 0.00276. The minimum Gasteiger partial charge on any atom is -0.396 e. The third kappa shape index (κ3) is 3.52. The Balaban J connectivity index is 2.26. The molecule has 0 fully saturated rings. The van der Waals surface area contributed by atoms with Crippen LogP contribution in [0.25, 0.3) is 0 Å². The molecule has 1 aromatic heterocycles. The molecule has 2 N–H and O–H groups in total. The average Bonchev–Trinajstić information content (AvgIpc) is 2.83. The van der Waals surface area contributed by atoms with Gasteiger partial charge in [-0.2, -0.15) is 0 Å². The normalized spacial score (nSPS) is 11.6. The topological polar surface area (TPSA) is 66.4 Å². The van der Waals surface area contributed by atoms with Crippen LogP contribution in [0.15, 0.2) is 34.5 Å². The maximum absolute atomic E-state index is 12.2. The Hall–Kier alpha value is -1.08. The number of nitrogens with one attached hydrogen (secondary N) is 1. The first kappa shape index (κ1) is 15.3. The second kappa shape index (κ2) is 6.13. The van der Waals surface area contributed by atoms with E-state index in [2.05, 4.69) is 4.72 Å². The third-order valence-electron chi connectivity index (χ3n) is 2.63. The van der Waals surface area contributed by atoms with Crippen molar-refractivity contribution in [1.82, 2.24) is 0 Å². The van der Waals surface area contributed by atoms with E-state index >= 15 is 0 Å². The molecule has 0 saturated heterocycles. The zero-order chi connectivity index (χ0) is 14.8. The molecule has 0 bridgehead atoms. The van der Waals surface area contributed by atoms with Gasteiger partial charge in [-0.1, -0.05) is 17.7 Å². The summed E-state index contributed by atoms with van der Waals surface area (Å²) >= 11 is 7.16. The van der Waals surface area contributed by atoms with E-state index in [4.69, 9.17) is 16.7 Å². The van der Waals surface area contributed by atoms with Crippen LogP contribution in [0.2, 0.25) is 5.02 Å². The molecular formula is C13H14ClNO3S2. The standard InChI is InChI=1S/C13H14ClNO3S2/c1-9-2-4-12(11(14)8-9)15-20(17,18)13-5-3-10(19-13)6-7-16/h2-5,8,15-16H,6-7H2,1H3. The largest absolute Gasteiger partial charge is 0.396 e. The summed E-state index contributed by atoms with van der Waals surface area (Å²) in [5.41, 5.74) is 1.31. The number of hydrogen-bond donors (Lipinski definition) is 2. The number of sulfonamides is 1. The molecule has 0 aliphatic heterocycles. The summed E-state index contributed by atoms with van der Waals surface area (Å²) < 4.78 is 27.1. The van der Waals surface area contributed by atoms with Crippen molar-refractivity contribution >= 4 is 38.6 Å². The SMILES string of the molecule is Cc1ccc(NS(=O)(=O)c2ccc(CCO)s2)c(Cl)c1. The van der Waals surface area contributed by atoms with Crippen molar-refractivity contribution in [2.75, 3.05) is 11.3 Å². The van der Waals surface area contributed by atoms with E-state index < -0.39 is 10.0 Å². The van der Waals surface area contributed by atoms with Crippen molar-refractivity contribution in [1.29, 1.82) is 0 Å². The number of halogens is 1. The summed E-state index contributed by atoms with van der Waals surface area (Å²) in [6.45, 7) is 1.88. The first-order valence-corrected chi connectivity index (χ1v) is 8.58. The van der Waals surface area contributed by atoms with Crippen LogP contribution >= 0.6 is 22.9 Å². The van der Waals surface area contributed by atoms with E-state index in [9.17, 15) is 8.42 Å². The van der Waals surface area contributed by atoms with Crippen LogP contribution in [0, 0.1) is 6.92 Å². The number of rotatable bonds is 5. The van der Waals surface area contributed by atoms with Crippen LogP contribution in [-0.4, -0.2) is 20.1 Å². The van der Waals surface area contributed by atoms with Crippen LogP contribution in [0.3, 0.4) is 0 Å². The molecule has 2 rings (SSSR count). The van der Waals surface area contributed by atoms with Crippen molar-refractivity contribution in [3.8, 4) is 0 Å². The van der Waals surface area contributed by atoms with Gasteiger partial charge in [-0.05, 0) is 36.8 Å². The molecule has 0 amide bonds. The fourth-order valence-corrected chi connectivity index (χ4v) is 4.41. The predicted octanol–water partition coefficient (Wildman–Crippen LogP) is 3.05. The fraction of sp³-hybridized carbons (Fsp3) is 0.231. The number of anilines is 1. The molecule has 7 heteroatoms. The number of hydrogen-bond acceptors (Lipinski definition) is 4. The summed E-state index contributed by atoms with van der Waals surface area (Å²) in [7, 11) is -3.64. The van der Waals surface area contributed by atoms with E-state index in [-0.39, 0.29) is 10.8 Å². The van der Waals surface area contributed by atoms with Crippen molar-refractivity contribution in [3.05, 3.63) is 45.8 Å². The highest BCUT2D eigenvalue weighted by Crippen LogP contribution is 2.28. The fourth-order valence-electron chi connectivity index (χ4n) is 1.65. The molecule has 1 heterocycles. The lowest BCUT2D eigenvalue weighted by atomic mass is 10.2. The number of aliphatic hydroxyl groups excluding tert-OH is 1. The van der Waals surface area contributed by atoms with Crippen LogP contribution in [-0.2, 0) is 16.4 Å². The van der Waals surface area contributed by atoms with Gasteiger partial charge < -0.3 is 5.11 Å². The Morgan fingerprint density at radius 1 is 1.30 bits per heavy atom. The highest BCUT2D eigenvalue weighted by molar-refractivity contribution is 7.94. The van der Waals surface area contributed by atoms with Gasteiger partial charge in [0.05, 0.1) is 10.7 Å². The van der Waals surface area contributed by atoms with Gasteiger partial charge >= 0.3 is 0 Å². The lowest BCUT2D eigenvalue weighted by Gasteiger charge is -2.08. The van der Waals surface area contributed by atoms with E-state index in [0.29, 0.717) is 17.1 Å². The van der Waals surface area contributed by atoms with E-state index in [1.807, 2.05) is 6.92 Å². The molecule has 108 valence electrons. The Bertz CT molecular complexity index is 710. The maximum atomic E-state index is 12.2. The first-order chi connectivity index (χ1) is 9.42. The van der Waals surface area contributed by atoms with Crippen LogP contribution < -0.4 is 4.72 Å². The highest BCUT2D eigenvalue weighted by Gasteiger charge is 2.18. The quantitative estimate of drug-likeness (QED) is 0.885. The van der Waals surface area contributed by atoms with E-state index in [1.165, 1.54) is 6.07 Å². The zero-order valence-corrected chi connectivity index (χ0v) is 13.1. The lowest BCUT2D eigenvalue weighted by molar-refractivity contribution is 0.300. The Labute approximate surface area is 127 Å². The molecule has 0 unspecified atom stereocenters. The molecule has 0 spiro atoms. The van der Waals surface area contributed by atoms with Gasteiger partial charge in [-0.3, -0.25) is 4.72 Å². The van der Waals surface area contributed by atoms with Crippen molar-refractivity contribution < 1.29 is 13.5 Å². The second-order valence-corrected chi connectivity index (χ2v) is 7.77. The third-order valence-corrected chi connectivity index (χ3v) is 5.94. The van der Waals surface area contributed by atoms with Crippen LogP contribution in [0.4, 0.5) is 5.69 Å². The lowest BCUT2D eigenvalue weighted by Crippen LogP contribution is -2.11. The predicted molar refractivity (Wildman–Crippen MR) is 82.1 cm³/mol. The molecule has 0 saturated carbocycles. The monoisotopic (exact) mass is 331 g/mol. The van der Waals surface area contributed by atoms with E-state index in [1.54, 1.807) is 24.3 Å². The maximum Gasteiger partial charge on any atom is 0.271 e. The van der Waals surface area contributed by atoms with Crippen molar-refractivity contribution in [3.63, 3.8) is 0 Å². The van der Waals surface area contributed by atoms with Gasteiger partial charge in [0, 0.05) is 17.9 Å². The van der Waals surface area contributed by atoms with Crippen molar-refractivity contribution in [2.45, 2.75) is 17.6 Å². The second-order valence-electron chi connectivity index (χ2n) is 4.28. The van der Waals surface area contributed by atoms with Gasteiger partial charge in [-0.25, -0.2) is 8.42 Å².